The van der Waals surface area contributed by atoms with Crippen LogP contribution in [0, 0.1) is 0 Å². The summed E-state index contributed by atoms with van der Waals surface area (Å²) < 4.78 is 35.2. The van der Waals surface area contributed by atoms with E-state index in [0.717, 1.165) is 31.2 Å². The molecule has 2 aromatic rings. The van der Waals surface area contributed by atoms with Crippen molar-refractivity contribution in [3.05, 3.63) is 29.6 Å². The molecule has 2 heterocycles. The van der Waals surface area contributed by atoms with E-state index in [0.29, 0.717) is 17.6 Å². The smallest absolute Gasteiger partial charge is 0.389 e. The Kier molecular flexibility index (Phi) is 7.38. The quantitative estimate of drug-likeness (QED) is 0.615. The molecule has 7 nitrogen and oxygen atoms in total. The number of hydrogen-bond acceptors (Lipinski definition) is 4. The van der Waals surface area contributed by atoms with E-state index in [2.05, 4.69) is 15.3 Å². The number of nitrogens with one attached hydrogen (secondary N) is 2. The molecule has 2 aromatic heterocycles. The maximum atomic E-state index is 11.7. The van der Waals surface area contributed by atoms with Crippen molar-refractivity contribution in [3.8, 4) is 0 Å². The third-order valence-corrected chi connectivity index (χ3v) is 4.47. The van der Waals surface area contributed by atoms with E-state index in [-0.39, 0.29) is 11.6 Å². The molecule has 0 atom stereocenters. The number of carbonyl (C=O) groups is 2. The highest BCUT2D eigenvalue weighted by molar-refractivity contribution is 6.03. The number of alkyl halides is 3. The number of hydrogen-bond donors (Lipinski definition) is 4. The number of carbonyl (C=O) groups excluding carboxylic acids is 1. The molecule has 0 bridgehead atoms. The van der Waals surface area contributed by atoms with Gasteiger partial charge in [0.1, 0.15) is 5.65 Å². The lowest BCUT2D eigenvalue weighted by Crippen LogP contribution is -2.33. The van der Waals surface area contributed by atoms with Gasteiger partial charge in [0, 0.05) is 36.8 Å². The van der Waals surface area contributed by atoms with Crippen LogP contribution in [0.25, 0.3) is 11.0 Å². The van der Waals surface area contributed by atoms with E-state index < -0.39 is 30.9 Å². The van der Waals surface area contributed by atoms with Crippen molar-refractivity contribution in [1.82, 2.24) is 15.3 Å². The van der Waals surface area contributed by atoms with Crippen molar-refractivity contribution in [2.75, 3.05) is 0 Å². The van der Waals surface area contributed by atoms with E-state index in [9.17, 15) is 22.8 Å². The van der Waals surface area contributed by atoms with Crippen molar-refractivity contribution < 1.29 is 27.9 Å². The molecule has 5 N–H and O–H groups in total. The van der Waals surface area contributed by atoms with Crippen LogP contribution < -0.4 is 11.1 Å². The number of aromatic nitrogens is 2. The number of nitrogens with zero attached hydrogens (tertiary/aromatic N) is 1. The number of nitrogens with two attached hydrogens (primary N) is 1. The number of pyridine rings is 1. The largest absolute Gasteiger partial charge is 0.478 e. The van der Waals surface area contributed by atoms with E-state index in [1.165, 1.54) is 6.20 Å². The van der Waals surface area contributed by atoms with Crippen molar-refractivity contribution in [2.45, 2.75) is 57.3 Å². The van der Waals surface area contributed by atoms with Crippen molar-refractivity contribution in [2.24, 2.45) is 5.73 Å². The van der Waals surface area contributed by atoms with Gasteiger partial charge in [0.2, 0.25) is 5.91 Å². The summed E-state index contributed by atoms with van der Waals surface area (Å²) in [6, 6.07) is 1.83. The first-order valence-electron chi connectivity index (χ1n) is 8.95. The van der Waals surface area contributed by atoms with Gasteiger partial charge in [-0.15, -0.1) is 0 Å². The van der Waals surface area contributed by atoms with Gasteiger partial charge in [0.15, 0.2) is 0 Å². The van der Waals surface area contributed by atoms with Crippen molar-refractivity contribution >= 4 is 22.9 Å². The number of fused-ring (bicyclic) bond motifs is 1. The molecular weight excluding hydrogens is 377 g/mol. The predicted octanol–water partition coefficient (Wildman–Crippen LogP) is 3.11. The molecule has 0 saturated heterocycles. The third-order valence-electron chi connectivity index (χ3n) is 4.47. The van der Waals surface area contributed by atoms with E-state index >= 15 is 0 Å². The summed E-state index contributed by atoms with van der Waals surface area (Å²) in [4.78, 5) is 28.7. The Morgan fingerprint density at radius 1 is 1.32 bits per heavy atom. The fourth-order valence-electron chi connectivity index (χ4n) is 3.09. The fraction of sp³-hybridized carbons (Fsp3) is 0.500. The lowest BCUT2D eigenvalue weighted by atomic mass is 10.1. The number of amides is 1. The third kappa shape index (κ3) is 6.22. The Morgan fingerprint density at radius 3 is 2.57 bits per heavy atom. The molecule has 1 aliphatic carbocycles. The standard InChI is InChI=1S/C9H14F3NO.C9H9N3O2/c10-9(11,12)6-5-8(14)13-7-3-1-2-4-7;10-3-5-1-2-11-8-7(5)6(4-12-8)9(13)14/h7H,1-6H2,(H,13,14);1-2,4H,3,10H2,(H,11,12)(H,13,14). The van der Waals surface area contributed by atoms with Gasteiger partial charge in [-0.2, -0.15) is 13.2 Å². The lowest BCUT2D eigenvalue weighted by Gasteiger charge is -2.12. The van der Waals surface area contributed by atoms with Gasteiger partial charge >= 0.3 is 12.1 Å². The number of rotatable bonds is 5. The number of carboxylic acids is 1. The molecule has 1 saturated carbocycles. The van der Waals surface area contributed by atoms with E-state index in [1.54, 1.807) is 12.3 Å². The zero-order chi connectivity index (χ0) is 20.7. The highest BCUT2D eigenvalue weighted by Crippen LogP contribution is 2.22. The van der Waals surface area contributed by atoms with Crippen LogP contribution in [0.3, 0.4) is 0 Å². The molecule has 10 heteroatoms. The molecule has 3 rings (SSSR count). The minimum atomic E-state index is -4.23. The molecule has 1 amide bonds. The first-order valence-corrected chi connectivity index (χ1v) is 8.95. The summed E-state index contributed by atoms with van der Waals surface area (Å²) >= 11 is 0. The topological polar surface area (TPSA) is 121 Å². The van der Waals surface area contributed by atoms with Crippen molar-refractivity contribution in [1.29, 1.82) is 0 Å². The summed E-state index contributed by atoms with van der Waals surface area (Å²) in [5.41, 5.74) is 7.07. The number of H-pyrrole nitrogens is 1. The predicted molar refractivity (Wildman–Crippen MR) is 96.6 cm³/mol. The van der Waals surface area contributed by atoms with Crippen LogP contribution in [0.15, 0.2) is 18.5 Å². The minimum Gasteiger partial charge on any atom is -0.478 e. The van der Waals surface area contributed by atoms with E-state index in [4.69, 9.17) is 10.8 Å². The van der Waals surface area contributed by atoms with Gasteiger partial charge in [-0.25, -0.2) is 9.78 Å². The minimum absolute atomic E-state index is 0.107. The van der Waals surface area contributed by atoms with Gasteiger partial charge in [-0.05, 0) is 24.5 Å². The maximum absolute atomic E-state index is 11.7. The Hall–Kier alpha value is -2.62. The second-order valence-electron chi connectivity index (χ2n) is 6.57. The van der Waals surface area contributed by atoms with Crippen molar-refractivity contribution in [3.63, 3.8) is 0 Å². The highest BCUT2D eigenvalue weighted by atomic mass is 19.4. The van der Waals surface area contributed by atoms with Crippen LogP contribution in [0.1, 0.15) is 54.4 Å². The van der Waals surface area contributed by atoms with Gasteiger partial charge in [0.05, 0.1) is 12.0 Å². The lowest BCUT2D eigenvalue weighted by molar-refractivity contribution is -0.144. The summed E-state index contributed by atoms with van der Waals surface area (Å²) in [5, 5.41) is 12.1. The molecule has 1 fully saturated rings. The highest BCUT2D eigenvalue weighted by Gasteiger charge is 2.28. The van der Waals surface area contributed by atoms with Crippen LogP contribution in [0.5, 0.6) is 0 Å². The average Bonchev–Trinajstić information content (AvgIpc) is 3.29. The van der Waals surface area contributed by atoms with Gasteiger partial charge in [-0.3, -0.25) is 4.79 Å². The summed E-state index contributed by atoms with van der Waals surface area (Å²) in [7, 11) is 0. The summed E-state index contributed by atoms with van der Waals surface area (Å²) in [6.45, 7) is 0.303. The average molecular weight is 400 g/mol. The molecule has 1 aliphatic rings. The molecule has 154 valence electrons. The summed E-state index contributed by atoms with van der Waals surface area (Å²) in [6.07, 6.45) is 1.26. The van der Waals surface area contributed by atoms with Crippen LogP contribution in [0.2, 0.25) is 0 Å². The first-order chi connectivity index (χ1) is 13.2. The number of carboxylic acid groups (broad SMARTS) is 1. The number of halogens is 3. The van der Waals surface area contributed by atoms with Gasteiger partial charge < -0.3 is 21.1 Å². The molecule has 0 spiro atoms. The zero-order valence-electron chi connectivity index (χ0n) is 15.2. The molecular formula is C18H23F3N4O3. The molecule has 28 heavy (non-hydrogen) atoms. The van der Waals surface area contributed by atoms with E-state index in [1.807, 2.05) is 0 Å². The summed E-state index contributed by atoms with van der Waals surface area (Å²) in [5.74, 6) is -1.45. The molecule has 0 unspecified atom stereocenters. The molecule has 0 aliphatic heterocycles. The van der Waals surface area contributed by atoms with Crippen LogP contribution in [-0.4, -0.2) is 39.2 Å². The van der Waals surface area contributed by atoms with Crippen LogP contribution >= 0.6 is 0 Å². The normalized spacial score (nSPS) is 14.6. The Bertz CT molecular complexity index is 814. The number of aromatic carboxylic acids is 1. The van der Waals surface area contributed by atoms with Crippen LogP contribution in [0.4, 0.5) is 13.2 Å². The SMILES string of the molecule is NCc1ccnc2[nH]cc(C(=O)O)c12.O=C(CCC(F)(F)F)NC1CCCC1. The Balaban J connectivity index is 0.000000200. The van der Waals surface area contributed by atoms with Gasteiger partial charge in [0.25, 0.3) is 0 Å². The van der Waals surface area contributed by atoms with Crippen LogP contribution in [-0.2, 0) is 11.3 Å². The second kappa shape index (κ2) is 9.54. The molecule has 0 radical (unpaired) electrons. The fourth-order valence-corrected chi connectivity index (χ4v) is 3.09. The maximum Gasteiger partial charge on any atom is 0.389 e. The first kappa shape index (κ1) is 21.7. The second-order valence-corrected chi connectivity index (χ2v) is 6.57. The monoisotopic (exact) mass is 400 g/mol. The zero-order valence-corrected chi connectivity index (χ0v) is 15.2. The Labute approximate surface area is 159 Å². The Morgan fingerprint density at radius 2 is 2.00 bits per heavy atom. The molecule has 0 aromatic carbocycles. The van der Waals surface area contributed by atoms with Gasteiger partial charge in [-0.1, -0.05) is 12.8 Å². The number of aromatic amines is 1.